The Morgan fingerprint density at radius 3 is 2.81 bits per heavy atom. The van der Waals surface area contributed by atoms with Crippen molar-refractivity contribution in [2.24, 2.45) is 7.05 Å². The van der Waals surface area contributed by atoms with Crippen molar-refractivity contribution in [2.45, 2.75) is 6.54 Å². The first-order chi connectivity index (χ1) is 12.6. The van der Waals surface area contributed by atoms with Crippen molar-refractivity contribution in [1.29, 1.82) is 0 Å². The Kier molecular flexibility index (Phi) is 4.22. The number of hydrogen-bond donors (Lipinski definition) is 1. The summed E-state index contributed by atoms with van der Waals surface area (Å²) in [5.74, 6) is 0.413. The van der Waals surface area contributed by atoms with E-state index >= 15 is 0 Å². The highest BCUT2D eigenvalue weighted by Gasteiger charge is 2.14. The van der Waals surface area contributed by atoms with Crippen LogP contribution in [0.3, 0.4) is 0 Å². The highest BCUT2D eigenvalue weighted by molar-refractivity contribution is 6.30. The molecule has 4 rings (SSSR count). The number of nitrogens with zero attached hydrogens (tertiary/aromatic N) is 2. The van der Waals surface area contributed by atoms with Crippen molar-refractivity contribution in [3.63, 3.8) is 0 Å². The van der Waals surface area contributed by atoms with E-state index in [9.17, 15) is 4.79 Å². The summed E-state index contributed by atoms with van der Waals surface area (Å²) in [4.78, 5) is 12.5. The molecular weight excluding hydrogens is 350 g/mol. The molecule has 26 heavy (non-hydrogen) atoms. The molecular formula is C20H16ClN3O2. The zero-order chi connectivity index (χ0) is 18.1. The predicted molar refractivity (Wildman–Crippen MR) is 101 cm³/mol. The Hall–Kier alpha value is -3.05. The maximum absolute atomic E-state index is 12.5. The van der Waals surface area contributed by atoms with Gasteiger partial charge in [-0.15, -0.1) is 0 Å². The molecule has 2 aromatic heterocycles. The highest BCUT2D eigenvalue weighted by atomic mass is 35.5. The first-order valence-electron chi connectivity index (χ1n) is 8.16. The van der Waals surface area contributed by atoms with Crippen LogP contribution in [0.5, 0.6) is 0 Å². The van der Waals surface area contributed by atoms with Gasteiger partial charge in [0, 0.05) is 34.6 Å². The largest absolute Gasteiger partial charge is 0.359 e. The summed E-state index contributed by atoms with van der Waals surface area (Å²) in [6.45, 7) is 0.258. The monoisotopic (exact) mass is 365 g/mol. The quantitative estimate of drug-likeness (QED) is 0.582. The Labute approximate surface area is 155 Å². The summed E-state index contributed by atoms with van der Waals surface area (Å²) in [5, 5.41) is 8.58. The highest BCUT2D eigenvalue weighted by Crippen LogP contribution is 2.22. The molecule has 0 spiro atoms. The lowest BCUT2D eigenvalue weighted by Crippen LogP contribution is -2.24. The van der Waals surface area contributed by atoms with Gasteiger partial charge in [0.15, 0.2) is 5.76 Å². The SMILES string of the molecule is Cn1c(C(=O)NCc2cc(-c3cccc(Cl)c3)no2)cc2ccccc21. The number of carbonyl (C=O) groups is 1. The number of halogens is 1. The average Bonchev–Trinajstić information content (AvgIpc) is 3.25. The molecule has 1 amide bonds. The average molecular weight is 366 g/mol. The third kappa shape index (κ3) is 3.09. The first kappa shape index (κ1) is 16.4. The summed E-state index contributed by atoms with van der Waals surface area (Å²) in [6, 6.07) is 18.9. The molecule has 0 bridgehead atoms. The molecule has 0 aliphatic heterocycles. The van der Waals surface area contributed by atoms with E-state index in [4.69, 9.17) is 16.1 Å². The molecule has 5 nitrogen and oxygen atoms in total. The van der Waals surface area contributed by atoms with E-state index in [0.717, 1.165) is 16.5 Å². The number of nitrogens with one attached hydrogen (secondary N) is 1. The van der Waals surface area contributed by atoms with Crippen molar-refractivity contribution >= 4 is 28.4 Å². The molecule has 0 radical (unpaired) electrons. The summed E-state index contributed by atoms with van der Waals surface area (Å²) in [6.07, 6.45) is 0. The molecule has 0 fully saturated rings. The first-order valence-corrected chi connectivity index (χ1v) is 8.54. The topological polar surface area (TPSA) is 60.1 Å². The van der Waals surface area contributed by atoms with Crippen molar-refractivity contribution in [3.05, 3.63) is 77.1 Å². The molecule has 1 N–H and O–H groups in total. The normalized spacial score (nSPS) is 11.0. The van der Waals surface area contributed by atoms with Crippen molar-refractivity contribution < 1.29 is 9.32 Å². The van der Waals surface area contributed by atoms with Gasteiger partial charge < -0.3 is 14.4 Å². The molecule has 0 atom stereocenters. The number of aromatic nitrogens is 2. The number of rotatable bonds is 4. The van der Waals surface area contributed by atoms with Crippen LogP contribution in [0.4, 0.5) is 0 Å². The number of benzene rings is 2. The number of aryl methyl sites for hydroxylation is 1. The van der Waals surface area contributed by atoms with E-state index in [1.807, 2.05) is 60.1 Å². The van der Waals surface area contributed by atoms with Crippen molar-refractivity contribution in [3.8, 4) is 11.3 Å². The lowest BCUT2D eigenvalue weighted by molar-refractivity contribution is 0.0939. The number of amides is 1. The minimum atomic E-state index is -0.163. The van der Waals surface area contributed by atoms with Gasteiger partial charge in [-0.05, 0) is 24.3 Å². The zero-order valence-corrected chi connectivity index (χ0v) is 14.8. The van der Waals surface area contributed by atoms with Gasteiger partial charge in [-0.1, -0.05) is 47.1 Å². The molecule has 2 heterocycles. The van der Waals surface area contributed by atoms with E-state index in [-0.39, 0.29) is 12.5 Å². The molecule has 0 unspecified atom stereocenters. The minimum absolute atomic E-state index is 0.163. The van der Waals surface area contributed by atoms with Gasteiger partial charge >= 0.3 is 0 Å². The molecule has 0 saturated heterocycles. The predicted octanol–water partition coefficient (Wildman–Crippen LogP) is 4.42. The van der Waals surface area contributed by atoms with E-state index in [1.54, 1.807) is 12.1 Å². The van der Waals surface area contributed by atoms with Gasteiger partial charge in [0.05, 0.1) is 6.54 Å². The van der Waals surface area contributed by atoms with Gasteiger partial charge in [0.1, 0.15) is 11.4 Å². The maximum Gasteiger partial charge on any atom is 0.268 e. The second-order valence-corrected chi connectivity index (χ2v) is 6.46. The second-order valence-electron chi connectivity index (χ2n) is 6.02. The van der Waals surface area contributed by atoms with E-state index in [2.05, 4.69) is 10.5 Å². The number of fused-ring (bicyclic) bond motifs is 1. The third-order valence-corrected chi connectivity index (χ3v) is 4.52. The van der Waals surface area contributed by atoms with Gasteiger partial charge in [0.25, 0.3) is 5.91 Å². The van der Waals surface area contributed by atoms with Crippen LogP contribution in [0.25, 0.3) is 22.2 Å². The number of hydrogen-bond acceptors (Lipinski definition) is 3. The van der Waals surface area contributed by atoms with E-state index in [1.165, 1.54) is 0 Å². The number of carbonyl (C=O) groups excluding carboxylic acids is 1. The fourth-order valence-corrected chi connectivity index (χ4v) is 3.14. The molecule has 6 heteroatoms. The second kappa shape index (κ2) is 6.69. The fraction of sp³-hybridized carbons (Fsp3) is 0.100. The Morgan fingerprint density at radius 1 is 1.15 bits per heavy atom. The zero-order valence-electron chi connectivity index (χ0n) is 14.1. The Balaban J connectivity index is 1.48. The molecule has 0 aliphatic carbocycles. The maximum atomic E-state index is 12.5. The summed E-state index contributed by atoms with van der Waals surface area (Å²) < 4.78 is 7.20. The molecule has 0 saturated carbocycles. The summed E-state index contributed by atoms with van der Waals surface area (Å²) in [5.41, 5.74) is 3.16. The van der Waals surface area contributed by atoms with Crippen molar-refractivity contribution in [2.75, 3.05) is 0 Å². The fourth-order valence-electron chi connectivity index (χ4n) is 2.94. The molecule has 0 aliphatic rings. The van der Waals surface area contributed by atoms with Crippen molar-refractivity contribution in [1.82, 2.24) is 15.0 Å². The number of para-hydroxylation sites is 1. The van der Waals surface area contributed by atoms with Crippen LogP contribution >= 0.6 is 11.6 Å². The van der Waals surface area contributed by atoms with Crippen LogP contribution in [-0.4, -0.2) is 15.6 Å². The summed E-state index contributed by atoms with van der Waals surface area (Å²) in [7, 11) is 1.88. The van der Waals surface area contributed by atoms with Crippen LogP contribution in [0.1, 0.15) is 16.2 Å². The van der Waals surface area contributed by atoms with Gasteiger partial charge in [-0.3, -0.25) is 4.79 Å². The van der Waals surface area contributed by atoms with Crippen LogP contribution in [-0.2, 0) is 13.6 Å². The van der Waals surface area contributed by atoms with Crippen LogP contribution in [0, 0.1) is 0 Å². The van der Waals surface area contributed by atoms with Gasteiger partial charge in [0.2, 0.25) is 0 Å². The third-order valence-electron chi connectivity index (χ3n) is 4.29. The molecule has 130 valence electrons. The standard InChI is InChI=1S/C20H16ClN3O2/c1-24-18-8-3-2-5-14(18)10-19(24)20(25)22-12-16-11-17(23-26-16)13-6-4-7-15(21)9-13/h2-11H,12H2,1H3,(H,22,25). The van der Waals surface area contributed by atoms with E-state index < -0.39 is 0 Å². The lowest BCUT2D eigenvalue weighted by atomic mass is 10.1. The van der Waals surface area contributed by atoms with Gasteiger partial charge in [-0.2, -0.15) is 0 Å². The van der Waals surface area contributed by atoms with Crippen LogP contribution in [0.15, 0.2) is 65.2 Å². The van der Waals surface area contributed by atoms with Crippen LogP contribution < -0.4 is 5.32 Å². The Bertz CT molecular complexity index is 1100. The summed E-state index contributed by atoms with van der Waals surface area (Å²) >= 11 is 6.00. The van der Waals surface area contributed by atoms with Gasteiger partial charge in [-0.25, -0.2) is 0 Å². The Morgan fingerprint density at radius 2 is 2.00 bits per heavy atom. The molecule has 4 aromatic rings. The van der Waals surface area contributed by atoms with E-state index in [0.29, 0.717) is 22.2 Å². The minimum Gasteiger partial charge on any atom is -0.359 e. The lowest BCUT2D eigenvalue weighted by Gasteiger charge is -2.04. The smallest absolute Gasteiger partial charge is 0.268 e. The van der Waals surface area contributed by atoms with Crippen LogP contribution in [0.2, 0.25) is 5.02 Å². The molecule has 2 aromatic carbocycles.